The number of rotatable bonds is 2. The SMILES string of the molecule is Cc1nc(-c2ccccc2O)c(C(C)C)s1. The highest BCUT2D eigenvalue weighted by Gasteiger charge is 2.16. The summed E-state index contributed by atoms with van der Waals surface area (Å²) in [7, 11) is 0. The Labute approximate surface area is 99.6 Å². The zero-order valence-electron chi connectivity index (χ0n) is 9.69. The fraction of sp³-hybridized carbons (Fsp3) is 0.308. The van der Waals surface area contributed by atoms with Crippen molar-refractivity contribution in [1.29, 1.82) is 0 Å². The van der Waals surface area contributed by atoms with Crippen molar-refractivity contribution in [2.45, 2.75) is 26.7 Å². The number of nitrogens with zero attached hydrogens (tertiary/aromatic N) is 1. The average Bonchev–Trinajstić information content (AvgIpc) is 2.61. The number of phenols is 1. The van der Waals surface area contributed by atoms with Gasteiger partial charge in [-0.05, 0) is 25.0 Å². The minimum atomic E-state index is 0.301. The fourth-order valence-electron chi connectivity index (χ4n) is 1.70. The molecule has 0 saturated carbocycles. The first kappa shape index (κ1) is 11.1. The highest BCUT2D eigenvalue weighted by molar-refractivity contribution is 7.12. The number of hydrogen-bond donors (Lipinski definition) is 1. The predicted molar refractivity (Wildman–Crippen MR) is 68.0 cm³/mol. The van der Waals surface area contributed by atoms with Crippen LogP contribution in [-0.4, -0.2) is 10.1 Å². The van der Waals surface area contributed by atoms with E-state index >= 15 is 0 Å². The molecule has 84 valence electrons. The third-order valence-electron chi connectivity index (χ3n) is 2.44. The van der Waals surface area contributed by atoms with Crippen LogP contribution in [0.25, 0.3) is 11.3 Å². The maximum Gasteiger partial charge on any atom is 0.125 e. The lowest BCUT2D eigenvalue weighted by Crippen LogP contribution is -1.88. The van der Waals surface area contributed by atoms with Crippen molar-refractivity contribution in [3.8, 4) is 17.0 Å². The second kappa shape index (κ2) is 4.26. The highest BCUT2D eigenvalue weighted by Crippen LogP contribution is 2.37. The summed E-state index contributed by atoms with van der Waals surface area (Å²) in [5, 5.41) is 10.9. The van der Waals surface area contributed by atoms with Crippen LogP contribution in [0.1, 0.15) is 29.7 Å². The molecule has 0 amide bonds. The standard InChI is InChI=1S/C13H15NOS/c1-8(2)13-12(14-9(3)16-13)10-6-4-5-7-11(10)15/h4-8,15H,1-3H3. The van der Waals surface area contributed by atoms with E-state index < -0.39 is 0 Å². The first-order valence-electron chi connectivity index (χ1n) is 5.35. The minimum Gasteiger partial charge on any atom is -0.507 e. The molecule has 2 rings (SSSR count). The Morgan fingerprint density at radius 1 is 1.25 bits per heavy atom. The van der Waals surface area contributed by atoms with Crippen LogP contribution >= 0.6 is 11.3 Å². The Morgan fingerprint density at radius 3 is 2.56 bits per heavy atom. The van der Waals surface area contributed by atoms with Gasteiger partial charge >= 0.3 is 0 Å². The monoisotopic (exact) mass is 233 g/mol. The molecule has 1 aromatic carbocycles. The van der Waals surface area contributed by atoms with Crippen LogP contribution in [0.5, 0.6) is 5.75 Å². The summed E-state index contributed by atoms with van der Waals surface area (Å²) in [6, 6.07) is 7.37. The lowest BCUT2D eigenvalue weighted by atomic mass is 10.0. The van der Waals surface area contributed by atoms with E-state index in [1.165, 1.54) is 4.88 Å². The number of aromatic hydroxyl groups is 1. The molecule has 2 nitrogen and oxygen atoms in total. The van der Waals surface area contributed by atoms with E-state index in [1.807, 2.05) is 25.1 Å². The van der Waals surface area contributed by atoms with Gasteiger partial charge in [0, 0.05) is 10.4 Å². The van der Waals surface area contributed by atoms with Crippen LogP contribution in [-0.2, 0) is 0 Å². The van der Waals surface area contributed by atoms with Gasteiger partial charge in [-0.3, -0.25) is 0 Å². The molecule has 0 aliphatic rings. The first-order chi connectivity index (χ1) is 7.59. The number of thiazole rings is 1. The molecule has 0 aliphatic heterocycles. The Bertz CT molecular complexity index is 502. The largest absolute Gasteiger partial charge is 0.507 e. The third-order valence-corrected chi connectivity index (χ3v) is 3.72. The molecular formula is C13H15NOS. The maximum absolute atomic E-state index is 9.84. The van der Waals surface area contributed by atoms with Crippen LogP contribution < -0.4 is 0 Å². The van der Waals surface area contributed by atoms with Crippen LogP contribution in [0, 0.1) is 6.92 Å². The van der Waals surface area contributed by atoms with E-state index in [9.17, 15) is 5.11 Å². The van der Waals surface area contributed by atoms with Crippen LogP contribution in [0.3, 0.4) is 0 Å². The van der Waals surface area contributed by atoms with E-state index in [0.717, 1.165) is 16.3 Å². The summed E-state index contributed by atoms with van der Waals surface area (Å²) in [4.78, 5) is 5.76. The van der Waals surface area contributed by atoms with E-state index in [0.29, 0.717) is 11.7 Å². The average molecular weight is 233 g/mol. The van der Waals surface area contributed by atoms with E-state index in [-0.39, 0.29) is 0 Å². The van der Waals surface area contributed by atoms with Crippen molar-refractivity contribution in [2.75, 3.05) is 0 Å². The van der Waals surface area contributed by atoms with Crippen molar-refractivity contribution >= 4 is 11.3 Å². The van der Waals surface area contributed by atoms with Gasteiger partial charge in [0.1, 0.15) is 5.75 Å². The predicted octanol–water partition coefficient (Wildman–Crippen LogP) is 3.95. The third kappa shape index (κ3) is 1.95. The van der Waals surface area contributed by atoms with Gasteiger partial charge in [0.15, 0.2) is 0 Å². The molecule has 0 atom stereocenters. The van der Waals surface area contributed by atoms with Gasteiger partial charge in [-0.2, -0.15) is 0 Å². The molecule has 0 bridgehead atoms. The van der Waals surface area contributed by atoms with Gasteiger partial charge in [0.05, 0.1) is 10.7 Å². The van der Waals surface area contributed by atoms with Crippen molar-refractivity contribution in [3.63, 3.8) is 0 Å². The molecule has 0 saturated heterocycles. The summed E-state index contributed by atoms with van der Waals surface area (Å²) in [5.41, 5.74) is 1.76. The van der Waals surface area contributed by atoms with Crippen molar-refractivity contribution in [3.05, 3.63) is 34.2 Å². The van der Waals surface area contributed by atoms with E-state index in [2.05, 4.69) is 18.8 Å². The number of aryl methyl sites for hydroxylation is 1. The molecule has 0 unspecified atom stereocenters. The molecule has 0 aliphatic carbocycles. The molecule has 0 fully saturated rings. The molecule has 2 aromatic rings. The molecule has 3 heteroatoms. The van der Waals surface area contributed by atoms with Gasteiger partial charge in [-0.25, -0.2) is 4.98 Å². The maximum atomic E-state index is 9.84. The zero-order valence-corrected chi connectivity index (χ0v) is 10.5. The summed E-state index contributed by atoms with van der Waals surface area (Å²) < 4.78 is 0. The molecule has 1 N–H and O–H groups in total. The number of phenolic OH excluding ortho intramolecular Hbond substituents is 1. The van der Waals surface area contributed by atoms with Gasteiger partial charge in [-0.1, -0.05) is 26.0 Å². The van der Waals surface area contributed by atoms with E-state index in [4.69, 9.17) is 0 Å². The molecular weight excluding hydrogens is 218 g/mol. The normalized spacial score (nSPS) is 11.0. The van der Waals surface area contributed by atoms with Gasteiger partial charge in [0.25, 0.3) is 0 Å². The Hall–Kier alpha value is -1.35. The van der Waals surface area contributed by atoms with Crippen LogP contribution in [0.4, 0.5) is 0 Å². The van der Waals surface area contributed by atoms with Gasteiger partial charge in [-0.15, -0.1) is 11.3 Å². The summed E-state index contributed by atoms with van der Waals surface area (Å²) in [6.07, 6.45) is 0. The van der Waals surface area contributed by atoms with Gasteiger partial charge < -0.3 is 5.11 Å². The van der Waals surface area contributed by atoms with Crippen LogP contribution in [0.2, 0.25) is 0 Å². The molecule has 0 spiro atoms. The summed E-state index contributed by atoms with van der Waals surface area (Å²) >= 11 is 1.70. The number of benzene rings is 1. The summed E-state index contributed by atoms with van der Waals surface area (Å²) in [6.45, 7) is 6.30. The highest BCUT2D eigenvalue weighted by atomic mass is 32.1. The number of para-hydroxylation sites is 1. The zero-order chi connectivity index (χ0) is 11.7. The topological polar surface area (TPSA) is 33.1 Å². The Kier molecular flexibility index (Phi) is 2.97. The summed E-state index contributed by atoms with van der Waals surface area (Å²) in [5.74, 6) is 0.732. The molecule has 1 aromatic heterocycles. The smallest absolute Gasteiger partial charge is 0.125 e. The van der Waals surface area contributed by atoms with Crippen LogP contribution in [0.15, 0.2) is 24.3 Å². The van der Waals surface area contributed by atoms with Crippen molar-refractivity contribution in [1.82, 2.24) is 4.98 Å². The second-order valence-electron chi connectivity index (χ2n) is 4.12. The molecule has 1 heterocycles. The quantitative estimate of drug-likeness (QED) is 0.852. The first-order valence-corrected chi connectivity index (χ1v) is 6.17. The van der Waals surface area contributed by atoms with Gasteiger partial charge in [0.2, 0.25) is 0 Å². The Balaban J connectivity index is 2.60. The second-order valence-corrected chi connectivity index (χ2v) is 5.35. The minimum absolute atomic E-state index is 0.301. The fourth-order valence-corrected chi connectivity index (χ4v) is 2.64. The Morgan fingerprint density at radius 2 is 1.94 bits per heavy atom. The molecule has 0 radical (unpaired) electrons. The lowest BCUT2D eigenvalue weighted by Gasteiger charge is -2.06. The van der Waals surface area contributed by atoms with E-state index in [1.54, 1.807) is 17.4 Å². The number of aromatic nitrogens is 1. The van der Waals surface area contributed by atoms with Crippen molar-refractivity contribution in [2.24, 2.45) is 0 Å². The number of hydrogen-bond acceptors (Lipinski definition) is 3. The molecule has 16 heavy (non-hydrogen) atoms. The lowest BCUT2D eigenvalue weighted by molar-refractivity contribution is 0.477. The van der Waals surface area contributed by atoms with Crippen molar-refractivity contribution < 1.29 is 5.11 Å².